The number of hydrogen-bond donors (Lipinski definition) is 0. The van der Waals surface area contributed by atoms with Gasteiger partial charge >= 0.3 is 0 Å². The van der Waals surface area contributed by atoms with E-state index >= 15 is 0 Å². The Morgan fingerprint density at radius 2 is 2.08 bits per heavy atom. The molecule has 7 heteroatoms. The molecule has 1 aliphatic heterocycles. The lowest BCUT2D eigenvalue weighted by Gasteiger charge is -2.31. The van der Waals surface area contributed by atoms with Gasteiger partial charge < -0.3 is 9.64 Å². The number of thiazole rings is 1. The Labute approximate surface area is 156 Å². The molecule has 136 valence electrons. The highest BCUT2D eigenvalue weighted by molar-refractivity contribution is 7.20. The minimum atomic E-state index is 0.0127. The van der Waals surface area contributed by atoms with Crippen LogP contribution in [-0.4, -0.2) is 44.8 Å². The lowest BCUT2D eigenvalue weighted by Crippen LogP contribution is -2.42. The number of fused-ring (bicyclic) bond motifs is 1. The van der Waals surface area contributed by atoms with E-state index in [4.69, 9.17) is 4.74 Å². The van der Waals surface area contributed by atoms with Crippen molar-refractivity contribution in [2.45, 2.75) is 39.3 Å². The number of ether oxygens (including phenoxy) is 1. The lowest BCUT2D eigenvalue weighted by molar-refractivity contribution is 0.0589. The Balaban J connectivity index is 1.36. The van der Waals surface area contributed by atoms with Crippen molar-refractivity contribution in [3.8, 4) is 5.19 Å². The van der Waals surface area contributed by atoms with E-state index in [2.05, 4.69) is 16.1 Å². The quantitative estimate of drug-likeness (QED) is 0.705. The largest absolute Gasteiger partial charge is 0.467 e. The average Bonchev–Trinajstić information content (AvgIpc) is 3.24. The number of piperidine rings is 1. The van der Waals surface area contributed by atoms with E-state index in [0.717, 1.165) is 35.3 Å². The number of aryl methyl sites for hydroxylation is 2. The molecule has 4 rings (SSSR count). The molecule has 1 fully saturated rings. The van der Waals surface area contributed by atoms with Gasteiger partial charge in [-0.2, -0.15) is 5.10 Å². The lowest BCUT2D eigenvalue weighted by atomic mass is 10.1. The molecule has 3 heterocycles. The predicted octanol–water partition coefficient (Wildman–Crippen LogP) is 3.50. The van der Waals surface area contributed by atoms with Gasteiger partial charge in [0.1, 0.15) is 6.10 Å². The number of para-hydroxylation sites is 1. The molecule has 26 heavy (non-hydrogen) atoms. The van der Waals surface area contributed by atoms with Crippen LogP contribution < -0.4 is 4.74 Å². The second-order valence-electron chi connectivity index (χ2n) is 6.54. The summed E-state index contributed by atoms with van der Waals surface area (Å²) in [6, 6.07) is 9.92. The molecule has 1 aromatic carbocycles. The molecular formula is C19H22N4O2S. The monoisotopic (exact) mass is 370 g/mol. The van der Waals surface area contributed by atoms with E-state index in [0.29, 0.717) is 24.0 Å². The van der Waals surface area contributed by atoms with Gasteiger partial charge in [0.15, 0.2) is 5.69 Å². The number of carbonyl (C=O) groups excluding carboxylic acids is 1. The molecule has 0 aliphatic carbocycles. The highest BCUT2D eigenvalue weighted by atomic mass is 32.1. The van der Waals surface area contributed by atoms with Crippen LogP contribution in [-0.2, 0) is 6.54 Å². The molecular weight excluding hydrogens is 348 g/mol. The smallest absolute Gasteiger partial charge is 0.274 e. The standard InChI is InChI=1S/C19H22N4O2S/c1-3-23-13(2)12-16(21-23)18(24)22-10-8-14(9-11-22)25-19-20-15-6-4-5-7-17(15)26-19/h4-7,12,14H,3,8-11H2,1-2H3. The van der Waals surface area contributed by atoms with Crippen molar-refractivity contribution in [1.29, 1.82) is 0 Å². The van der Waals surface area contributed by atoms with Crippen LogP contribution in [0.15, 0.2) is 30.3 Å². The third-order valence-corrected chi connectivity index (χ3v) is 5.70. The van der Waals surface area contributed by atoms with Gasteiger partial charge in [0, 0.05) is 38.2 Å². The number of benzene rings is 1. The Kier molecular flexibility index (Phi) is 4.63. The van der Waals surface area contributed by atoms with Crippen LogP contribution in [0.2, 0.25) is 0 Å². The highest BCUT2D eigenvalue weighted by Gasteiger charge is 2.27. The van der Waals surface area contributed by atoms with Gasteiger partial charge in [-0.3, -0.25) is 9.48 Å². The zero-order valence-electron chi connectivity index (χ0n) is 15.0. The molecule has 0 bridgehead atoms. The van der Waals surface area contributed by atoms with Crippen molar-refractivity contribution in [3.63, 3.8) is 0 Å². The topological polar surface area (TPSA) is 60.2 Å². The summed E-state index contributed by atoms with van der Waals surface area (Å²) in [5.41, 5.74) is 2.53. The molecule has 1 saturated heterocycles. The fourth-order valence-electron chi connectivity index (χ4n) is 3.32. The minimum absolute atomic E-state index is 0.0127. The van der Waals surface area contributed by atoms with Crippen LogP contribution in [0.4, 0.5) is 0 Å². The minimum Gasteiger partial charge on any atom is -0.467 e. The fourth-order valence-corrected chi connectivity index (χ4v) is 4.20. The molecule has 0 unspecified atom stereocenters. The molecule has 1 amide bonds. The normalized spacial score (nSPS) is 15.5. The summed E-state index contributed by atoms with van der Waals surface area (Å²) < 4.78 is 9.06. The van der Waals surface area contributed by atoms with Gasteiger partial charge in [-0.05, 0) is 32.0 Å². The number of rotatable bonds is 4. The highest BCUT2D eigenvalue weighted by Crippen LogP contribution is 2.29. The first-order chi connectivity index (χ1) is 12.6. The number of likely N-dealkylation sites (tertiary alicyclic amines) is 1. The number of hydrogen-bond acceptors (Lipinski definition) is 5. The Morgan fingerprint density at radius 3 is 2.77 bits per heavy atom. The molecule has 0 saturated carbocycles. The second-order valence-corrected chi connectivity index (χ2v) is 7.54. The fraction of sp³-hybridized carbons (Fsp3) is 0.421. The van der Waals surface area contributed by atoms with Crippen LogP contribution >= 0.6 is 11.3 Å². The zero-order chi connectivity index (χ0) is 18.1. The first-order valence-corrected chi connectivity index (χ1v) is 9.81. The maximum absolute atomic E-state index is 12.7. The van der Waals surface area contributed by atoms with Crippen molar-refractivity contribution < 1.29 is 9.53 Å². The number of carbonyl (C=O) groups is 1. The Hall–Kier alpha value is -2.41. The van der Waals surface area contributed by atoms with Crippen LogP contribution in [0.1, 0.15) is 35.9 Å². The van der Waals surface area contributed by atoms with Crippen molar-refractivity contribution in [2.24, 2.45) is 0 Å². The summed E-state index contributed by atoms with van der Waals surface area (Å²) in [5, 5.41) is 5.12. The van der Waals surface area contributed by atoms with E-state index in [9.17, 15) is 4.79 Å². The summed E-state index contributed by atoms with van der Waals surface area (Å²) in [6.45, 7) is 6.15. The molecule has 0 spiro atoms. The Bertz CT molecular complexity index is 892. The summed E-state index contributed by atoms with van der Waals surface area (Å²) in [5.74, 6) is 0.0127. The zero-order valence-corrected chi connectivity index (χ0v) is 15.8. The Morgan fingerprint density at radius 1 is 1.31 bits per heavy atom. The number of aromatic nitrogens is 3. The van der Waals surface area contributed by atoms with Crippen LogP contribution in [0.5, 0.6) is 5.19 Å². The van der Waals surface area contributed by atoms with Crippen LogP contribution in [0.25, 0.3) is 10.2 Å². The van der Waals surface area contributed by atoms with Crippen molar-refractivity contribution >= 4 is 27.5 Å². The maximum atomic E-state index is 12.7. The third kappa shape index (κ3) is 3.31. The van der Waals surface area contributed by atoms with E-state index < -0.39 is 0 Å². The molecule has 3 aromatic rings. The number of amides is 1. The summed E-state index contributed by atoms with van der Waals surface area (Å²) >= 11 is 1.58. The van der Waals surface area contributed by atoms with Gasteiger partial charge in [0.2, 0.25) is 0 Å². The van der Waals surface area contributed by atoms with Crippen LogP contribution in [0.3, 0.4) is 0 Å². The van der Waals surface area contributed by atoms with Gasteiger partial charge in [-0.1, -0.05) is 23.5 Å². The molecule has 0 N–H and O–H groups in total. The number of nitrogens with zero attached hydrogens (tertiary/aromatic N) is 4. The van der Waals surface area contributed by atoms with Gasteiger partial charge in [-0.15, -0.1) is 0 Å². The van der Waals surface area contributed by atoms with Gasteiger partial charge in [0.25, 0.3) is 11.1 Å². The van der Waals surface area contributed by atoms with Gasteiger partial charge in [0.05, 0.1) is 10.2 Å². The molecule has 2 aromatic heterocycles. The van der Waals surface area contributed by atoms with E-state index in [1.807, 2.05) is 47.7 Å². The molecule has 0 atom stereocenters. The third-order valence-electron chi connectivity index (χ3n) is 4.77. The first-order valence-electron chi connectivity index (χ1n) is 9.00. The van der Waals surface area contributed by atoms with E-state index in [-0.39, 0.29) is 12.0 Å². The van der Waals surface area contributed by atoms with Crippen LogP contribution in [0, 0.1) is 6.92 Å². The second kappa shape index (κ2) is 7.07. The van der Waals surface area contributed by atoms with Gasteiger partial charge in [-0.25, -0.2) is 4.98 Å². The first kappa shape index (κ1) is 17.0. The molecule has 1 aliphatic rings. The SMILES string of the molecule is CCn1nc(C(=O)N2CCC(Oc3nc4ccccc4s3)CC2)cc1C. The summed E-state index contributed by atoms with van der Waals surface area (Å²) in [4.78, 5) is 19.1. The van der Waals surface area contributed by atoms with Crippen molar-refractivity contribution in [2.75, 3.05) is 13.1 Å². The van der Waals surface area contributed by atoms with Crippen molar-refractivity contribution in [3.05, 3.63) is 41.7 Å². The van der Waals surface area contributed by atoms with E-state index in [1.165, 1.54) is 0 Å². The average molecular weight is 370 g/mol. The molecule has 6 nitrogen and oxygen atoms in total. The molecule has 0 radical (unpaired) electrons. The predicted molar refractivity (Wildman–Crippen MR) is 102 cm³/mol. The van der Waals surface area contributed by atoms with E-state index in [1.54, 1.807) is 11.3 Å². The van der Waals surface area contributed by atoms with Crippen molar-refractivity contribution in [1.82, 2.24) is 19.7 Å². The summed E-state index contributed by atoms with van der Waals surface area (Å²) in [7, 11) is 0. The summed E-state index contributed by atoms with van der Waals surface area (Å²) in [6.07, 6.45) is 1.74. The maximum Gasteiger partial charge on any atom is 0.274 e.